The molecule has 1 aromatic rings. The zero-order chi connectivity index (χ0) is 13.7. The van der Waals surface area contributed by atoms with Crippen LogP contribution >= 0.6 is 0 Å². The summed E-state index contributed by atoms with van der Waals surface area (Å²) in [7, 11) is 4.78. The summed E-state index contributed by atoms with van der Waals surface area (Å²) in [5.41, 5.74) is 3.50. The number of rotatable bonds is 4. The summed E-state index contributed by atoms with van der Waals surface area (Å²) >= 11 is 0. The lowest BCUT2D eigenvalue weighted by Crippen LogP contribution is -2.28. The second kappa shape index (κ2) is 6.28. The Hall–Kier alpha value is -1.71. The van der Waals surface area contributed by atoms with Gasteiger partial charge in [-0.2, -0.15) is 0 Å². The Morgan fingerprint density at radius 3 is 2.50 bits per heavy atom. The van der Waals surface area contributed by atoms with Crippen molar-refractivity contribution < 1.29 is 14.3 Å². The molecular weight excluding hydrogens is 230 g/mol. The van der Waals surface area contributed by atoms with Gasteiger partial charge in [0, 0.05) is 13.6 Å². The number of benzene rings is 1. The van der Waals surface area contributed by atoms with E-state index in [4.69, 9.17) is 4.74 Å². The summed E-state index contributed by atoms with van der Waals surface area (Å²) in [5, 5.41) is 0. The maximum absolute atomic E-state index is 11.3. The molecule has 0 saturated heterocycles. The van der Waals surface area contributed by atoms with Gasteiger partial charge in [0.25, 0.3) is 0 Å². The van der Waals surface area contributed by atoms with Gasteiger partial charge in [-0.25, -0.2) is 4.79 Å². The minimum atomic E-state index is -0.321. The molecule has 1 rings (SSSR count). The molecule has 0 bridgehead atoms. The molecular formula is C14H21NO3. The topological polar surface area (TPSA) is 38.8 Å². The van der Waals surface area contributed by atoms with Crippen LogP contribution in [0.15, 0.2) is 12.1 Å². The molecule has 0 aliphatic rings. The minimum Gasteiger partial charge on any atom is -0.496 e. The van der Waals surface area contributed by atoms with Crippen LogP contribution in [0.1, 0.15) is 16.7 Å². The van der Waals surface area contributed by atoms with E-state index in [-0.39, 0.29) is 6.09 Å². The summed E-state index contributed by atoms with van der Waals surface area (Å²) in [5.74, 6) is 0.880. The minimum absolute atomic E-state index is 0.321. The maximum atomic E-state index is 11.3. The second-order valence-electron chi connectivity index (χ2n) is 4.40. The van der Waals surface area contributed by atoms with Gasteiger partial charge in [-0.15, -0.1) is 0 Å². The van der Waals surface area contributed by atoms with Gasteiger partial charge in [-0.1, -0.05) is 6.07 Å². The first-order valence-corrected chi connectivity index (χ1v) is 5.92. The fraction of sp³-hybridized carbons (Fsp3) is 0.500. The van der Waals surface area contributed by atoms with Crippen molar-refractivity contribution >= 4 is 6.09 Å². The molecule has 0 saturated carbocycles. The third-order valence-electron chi connectivity index (χ3n) is 2.98. The summed E-state index contributed by atoms with van der Waals surface area (Å²) in [6, 6.07) is 4.14. The highest BCUT2D eigenvalue weighted by Crippen LogP contribution is 2.24. The Labute approximate surface area is 108 Å². The van der Waals surface area contributed by atoms with Gasteiger partial charge in [-0.3, -0.25) is 0 Å². The molecule has 100 valence electrons. The van der Waals surface area contributed by atoms with E-state index in [2.05, 4.69) is 17.7 Å². The van der Waals surface area contributed by atoms with Crippen molar-refractivity contribution in [2.75, 3.05) is 27.8 Å². The number of amides is 1. The molecule has 1 aromatic carbocycles. The zero-order valence-electron chi connectivity index (χ0n) is 11.7. The van der Waals surface area contributed by atoms with Crippen LogP contribution in [0, 0.1) is 13.8 Å². The molecule has 4 heteroatoms. The number of carbonyl (C=O) groups excluding carboxylic acids is 1. The van der Waals surface area contributed by atoms with E-state index in [1.54, 1.807) is 19.1 Å². The van der Waals surface area contributed by atoms with Gasteiger partial charge in [-0.05, 0) is 43.0 Å². The van der Waals surface area contributed by atoms with E-state index in [1.165, 1.54) is 18.2 Å². The van der Waals surface area contributed by atoms with Crippen molar-refractivity contribution in [1.29, 1.82) is 0 Å². The van der Waals surface area contributed by atoms with E-state index in [9.17, 15) is 4.79 Å². The van der Waals surface area contributed by atoms with Crippen molar-refractivity contribution in [3.63, 3.8) is 0 Å². The van der Waals surface area contributed by atoms with Crippen molar-refractivity contribution in [1.82, 2.24) is 4.90 Å². The number of aryl methyl sites for hydroxylation is 2. The predicted octanol–water partition coefficient (Wildman–Crippen LogP) is 2.55. The Kier molecular flexibility index (Phi) is 5.01. The number of nitrogens with zero attached hydrogens (tertiary/aromatic N) is 1. The summed E-state index contributed by atoms with van der Waals surface area (Å²) in [4.78, 5) is 12.9. The van der Waals surface area contributed by atoms with E-state index < -0.39 is 0 Å². The Bertz CT molecular complexity index is 429. The molecule has 0 fully saturated rings. The first kappa shape index (κ1) is 14.4. The normalized spacial score (nSPS) is 10.1. The highest BCUT2D eigenvalue weighted by Gasteiger charge is 2.12. The molecule has 0 aromatic heterocycles. The van der Waals surface area contributed by atoms with Gasteiger partial charge in [0.1, 0.15) is 5.75 Å². The van der Waals surface area contributed by atoms with Gasteiger partial charge in [0.15, 0.2) is 0 Å². The van der Waals surface area contributed by atoms with Crippen molar-refractivity contribution in [3.05, 3.63) is 28.8 Å². The van der Waals surface area contributed by atoms with E-state index in [0.29, 0.717) is 6.54 Å². The lowest BCUT2D eigenvalue weighted by Gasteiger charge is -2.18. The van der Waals surface area contributed by atoms with Crippen LogP contribution < -0.4 is 4.74 Å². The Balaban J connectivity index is 2.81. The fourth-order valence-electron chi connectivity index (χ4n) is 1.99. The number of ether oxygens (including phenoxy) is 2. The van der Waals surface area contributed by atoms with Crippen LogP contribution in [0.5, 0.6) is 5.75 Å². The number of carbonyl (C=O) groups is 1. The van der Waals surface area contributed by atoms with Crippen LogP contribution in [0.4, 0.5) is 4.79 Å². The van der Waals surface area contributed by atoms with Crippen LogP contribution in [-0.2, 0) is 11.2 Å². The van der Waals surface area contributed by atoms with Gasteiger partial charge >= 0.3 is 6.09 Å². The molecule has 0 heterocycles. The van der Waals surface area contributed by atoms with Gasteiger partial charge in [0.2, 0.25) is 0 Å². The molecule has 4 nitrogen and oxygen atoms in total. The monoisotopic (exact) mass is 251 g/mol. The molecule has 0 unspecified atom stereocenters. The average molecular weight is 251 g/mol. The quantitative estimate of drug-likeness (QED) is 0.825. The summed E-state index contributed by atoms with van der Waals surface area (Å²) < 4.78 is 10.1. The molecule has 0 spiro atoms. The molecule has 18 heavy (non-hydrogen) atoms. The average Bonchev–Trinajstić information content (AvgIpc) is 2.35. The highest BCUT2D eigenvalue weighted by atomic mass is 16.5. The van der Waals surface area contributed by atoms with Crippen LogP contribution in [0.3, 0.4) is 0 Å². The zero-order valence-corrected chi connectivity index (χ0v) is 11.7. The smallest absolute Gasteiger partial charge is 0.409 e. The third-order valence-corrected chi connectivity index (χ3v) is 2.98. The molecule has 0 N–H and O–H groups in total. The second-order valence-corrected chi connectivity index (χ2v) is 4.40. The molecule has 1 amide bonds. The van der Waals surface area contributed by atoms with Crippen LogP contribution in [0.2, 0.25) is 0 Å². The number of likely N-dealkylation sites (N-methyl/N-ethyl adjacent to an activating group) is 1. The largest absolute Gasteiger partial charge is 0.496 e. The summed E-state index contributed by atoms with van der Waals surface area (Å²) in [6.45, 7) is 4.70. The van der Waals surface area contributed by atoms with E-state index in [1.807, 2.05) is 13.0 Å². The standard InChI is InChI=1S/C14H21NO3/c1-10-8-11(2)12(13(9-10)17-4)6-7-15(3)14(16)18-5/h8-9H,6-7H2,1-5H3. The predicted molar refractivity (Wildman–Crippen MR) is 71.2 cm³/mol. The van der Waals surface area contributed by atoms with Crippen LogP contribution in [-0.4, -0.2) is 38.8 Å². The van der Waals surface area contributed by atoms with Crippen molar-refractivity contribution in [3.8, 4) is 5.75 Å². The summed E-state index contributed by atoms with van der Waals surface area (Å²) in [6.07, 6.45) is 0.430. The van der Waals surface area contributed by atoms with E-state index >= 15 is 0 Å². The van der Waals surface area contributed by atoms with Crippen LogP contribution in [0.25, 0.3) is 0 Å². The SMILES string of the molecule is COC(=O)N(C)CCc1c(C)cc(C)cc1OC. The Morgan fingerprint density at radius 1 is 1.28 bits per heavy atom. The molecule has 0 atom stereocenters. The number of hydrogen-bond donors (Lipinski definition) is 0. The van der Waals surface area contributed by atoms with Crippen molar-refractivity contribution in [2.45, 2.75) is 20.3 Å². The van der Waals surface area contributed by atoms with Gasteiger partial charge < -0.3 is 14.4 Å². The number of hydrogen-bond acceptors (Lipinski definition) is 3. The van der Waals surface area contributed by atoms with Gasteiger partial charge in [0.05, 0.1) is 14.2 Å². The highest BCUT2D eigenvalue weighted by molar-refractivity contribution is 5.67. The van der Waals surface area contributed by atoms with E-state index in [0.717, 1.165) is 17.7 Å². The first-order chi connectivity index (χ1) is 8.49. The maximum Gasteiger partial charge on any atom is 0.409 e. The fourth-order valence-corrected chi connectivity index (χ4v) is 1.99. The molecule has 0 aliphatic carbocycles. The molecule has 0 radical (unpaired) electrons. The third kappa shape index (κ3) is 3.39. The number of methoxy groups -OCH3 is 2. The lowest BCUT2D eigenvalue weighted by molar-refractivity contribution is 0.133. The molecule has 0 aliphatic heterocycles. The Morgan fingerprint density at radius 2 is 1.94 bits per heavy atom. The lowest BCUT2D eigenvalue weighted by atomic mass is 10.0. The first-order valence-electron chi connectivity index (χ1n) is 5.92. The van der Waals surface area contributed by atoms with Crippen molar-refractivity contribution in [2.24, 2.45) is 0 Å².